The summed E-state index contributed by atoms with van der Waals surface area (Å²) < 4.78 is 19.6. The quantitative estimate of drug-likeness (QED) is 0.496. The van der Waals surface area contributed by atoms with Crippen LogP contribution in [0.4, 0.5) is 0 Å². The average molecular weight is 481 g/mol. The summed E-state index contributed by atoms with van der Waals surface area (Å²) in [7, 11) is 0. The molecule has 0 saturated carbocycles. The van der Waals surface area contributed by atoms with Crippen LogP contribution in [0, 0.1) is 0 Å². The van der Waals surface area contributed by atoms with E-state index in [0.717, 1.165) is 38.4 Å². The summed E-state index contributed by atoms with van der Waals surface area (Å²) in [6, 6.07) is 14.7. The Labute approximate surface area is 202 Å². The minimum absolute atomic E-state index is 0.117. The number of rotatable bonds is 6. The molecule has 7 nitrogen and oxygen atoms in total. The van der Waals surface area contributed by atoms with E-state index in [0.29, 0.717) is 34.4 Å². The van der Waals surface area contributed by atoms with Crippen LogP contribution in [-0.2, 0) is 4.74 Å². The number of halogens is 1. The van der Waals surface area contributed by atoms with Gasteiger partial charge in [-0.1, -0.05) is 41.9 Å². The van der Waals surface area contributed by atoms with Gasteiger partial charge in [0.1, 0.15) is 18.1 Å². The number of aromatic nitrogens is 1. The highest BCUT2D eigenvalue weighted by atomic mass is 35.5. The molecule has 3 heterocycles. The maximum absolute atomic E-state index is 12.7. The summed E-state index contributed by atoms with van der Waals surface area (Å²) in [5.74, 6) is 0.797. The number of morpholine rings is 1. The molecule has 2 aromatic carbocycles. The number of fused-ring (bicyclic) bond motifs is 3. The summed E-state index contributed by atoms with van der Waals surface area (Å²) in [5.41, 5.74) is 1.97. The van der Waals surface area contributed by atoms with Gasteiger partial charge in [0, 0.05) is 49.1 Å². The Morgan fingerprint density at radius 1 is 1.15 bits per heavy atom. The molecule has 1 fully saturated rings. The molecule has 8 heteroatoms. The molecule has 0 amide bonds. The Balaban J connectivity index is 1.51. The maximum Gasteiger partial charge on any atom is 0.202 e. The summed E-state index contributed by atoms with van der Waals surface area (Å²) in [4.78, 5) is 27.0. The predicted octanol–water partition coefficient (Wildman–Crippen LogP) is 4.02. The van der Waals surface area contributed by atoms with Crippen LogP contribution in [0.15, 0.2) is 59.5 Å². The van der Waals surface area contributed by atoms with E-state index in [1.165, 1.54) is 13.0 Å². The molecule has 34 heavy (non-hydrogen) atoms. The van der Waals surface area contributed by atoms with Crippen LogP contribution < -0.4 is 14.9 Å². The van der Waals surface area contributed by atoms with Crippen LogP contribution in [0.25, 0.3) is 11.3 Å². The minimum atomic E-state index is -0.551. The molecule has 2 aliphatic rings. The van der Waals surface area contributed by atoms with Crippen LogP contribution >= 0.6 is 11.6 Å². The van der Waals surface area contributed by atoms with E-state index >= 15 is 0 Å². The monoisotopic (exact) mass is 480 g/mol. The van der Waals surface area contributed by atoms with Crippen molar-refractivity contribution in [3.8, 4) is 22.8 Å². The zero-order valence-corrected chi connectivity index (χ0v) is 19.6. The van der Waals surface area contributed by atoms with Gasteiger partial charge in [-0.15, -0.1) is 0 Å². The van der Waals surface area contributed by atoms with Crippen molar-refractivity contribution >= 4 is 17.4 Å². The van der Waals surface area contributed by atoms with Gasteiger partial charge in [0.2, 0.25) is 6.23 Å². The molecule has 1 unspecified atom stereocenters. The van der Waals surface area contributed by atoms with Crippen molar-refractivity contribution in [3.05, 3.63) is 81.1 Å². The molecule has 0 N–H and O–H groups in total. The predicted molar refractivity (Wildman–Crippen MR) is 129 cm³/mol. The third kappa shape index (κ3) is 4.46. The van der Waals surface area contributed by atoms with Gasteiger partial charge >= 0.3 is 0 Å². The summed E-state index contributed by atoms with van der Waals surface area (Å²) in [6.45, 7) is 5.88. The number of benzene rings is 2. The fraction of sp³-hybridized carbons (Fsp3) is 0.308. The van der Waals surface area contributed by atoms with Crippen molar-refractivity contribution in [1.29, 1.82) is 0 Å². The fourth-order valence-electron chi connectivity index (χ4n) is 4.30. The van der Waals surface area contributed by atoms with Crippen LogP contribution in [0.3, 0.4) is 0 Å². The Morgan fingerprint density at radius 3 is 2.65 bits per heavy atom. The number of pyridine rings is 1. The van der Waals surface area contributed by atoms with Crippen LogP contribution in [-0.4, -0.2) is 54.7 Å². The van der Waals surface area contributed by atoms with Gasteiger partial charge in [-0.3, -0.25) is 14.5 Å². The molecular formula is C26H25ClN2O5. The van der Waals surface area contributed by atoms with Gasteiger partial charge in [0.25, 0.3) is 0 Å². The number of carbonyl (C=O) groups is 1. The Morgan fingerprint density at radius 2 is 1.91 bits per heavy atom. The topological polar surface area (TPSA) is 70.0 Å². The largest absolute Gasteiger partial charge is 0.491 e. The lowest BCUT2D eigenvalue weighted by molar-refractivity contribution is 0.0322. The van der Waals surface area contributed by atoms with Crippen LogP contribution in [0.2, 0.25) is 5.02 Å². The van der Waals surface area contributed by atoms with Gasteiger partial charge in [0.05, 0.1) is 29.5 Å². The van der Waals surface area contributed by atoms with Crippen molar-refractivity contribution in [3.63, 3.8) is 0 Å². The van der Waals surface area contributed by atoms with E-state index < -0.39 is 6.23 Å². The Kier molecular flexibility index (Phi) is 6.41. The molecule has 0 radical (unpaired) electrons. The smallest absolute Gasteiger partial charge is 0.202 e. The second-order valence-corrected chi connectivity index (χ2v) is 8.77. The lowest BCUT2D eigenvalue weighted by Gasteiger charge is -2.32. The number of carbonyl (C=O) groups excluding carboxylic acids is 1. The minimum Gasteiger partial charge on any atom is -0.491 e. The standard InChI is InChI=1S/C26H25ClN2O5/c1-17(30)20-16-29-22(14-23(20)31)19-13-21(27)25(33-12-9-28-7-10-32-11-8-28)15-24(19)34-26(29)18-5-3-2-4-6-18/h2-6,13-16,26H,7-12H2,1H3. The van der Waals surface area contributed by atoms with E-state index in [9.17, 15) is 9.59 Å². The first-order chi connectivity index (χ1) is 16.5. The van der Waals surface area contributed by atoms with Crippen molar-refractivity contribution in [2.75, 3.05) is 39.5 Å². The highest BCUT2D eigenvalue weighted by Crippen LogP contribution is 2.44. The van der Waals surface area contributed by atoms with Gasteiger partial charge in [-0.2, -0.15) is 0 Å². The second-order valence-electron chi connectivity index (χ2n) is 8.36. The lowest BCUT2D eigenvalue weighted by Crippen LogP contribution is -2.38. The molecule has 3 aromatic rings. The second kappa shape index (κ2) is 9.62. The van der Waals surface area contributed by atoms with E-state index in [-0.39, 0.29) is 16.8 Å². The summed E-state index contributed by atoms with van der Waals surface area (Å²) in [5, 5.41) is 0.428. The molecule has 1 saturated heterocycles. The molecule has 0 aliphatic carbocycles. The number of Topliss-reactive ketones (excluding diaryl/α,β-unsaturated/α-hetero) is 1. The summed E-state index contributed by atoms with van der Waals surface area (Å²) in [6.07, 6.45) is 1.02. The number of hydrogen-bond donors (Lipinski definition) is 0. The third-order valence-corrected chi connectivity index (χ3v) is 6.41. The van der Waals surface area contributed by atoms with Crippen molar-refractivity contribution < 1.29 is 19.0 Å². The molecule has 0 bridgehead atoms. The van der Waals surface area contributed by atoms with E-state index in [1.807, 2.05) is 34.9 Å². The zero-order chi connectivity index (χ0) is 23.7. The maximum atomic E-state index is 12.7. The van der Waals surface area contributed by atoms with Crippen LogP contribution in [0.1, 0.15) is 29.1 Å². The zero-order valence-electron chi connectivity index (χ0n) is 18.8. The van der Waals surface area contributed by atoms with Gasteiger partial charge in [-0.25, -0.2) is 0 Å². The van der Waals surface area contributed by atoms with Gasteiger partial charge in [-0.05, 0) is 13.0 Å². The number of ether oxygens (including phenoxy) is 3. The molecule has 1 aromatic heterocycles. The van der Waals surface area contributed by atoms with Gasteiger partial charge in [0.15, 0.2) is 11.2 Å². The SMILES string of the molecule is CC(=O)c1cn2c(cc1=O)-c1cc(Cl)c(OCCN3CCOCC3)cc1OC2c1ccccc1. The Hall–Kier alpha value is -3.13. The average Bonchev–Trinajstić information content (AvgIpc) is 2.85. The number of ketones is 1. The normalized spacial score (nSPS) is 17.4. The van der Waals surface area contributed by atoms with E-state index in [1.54, 1.807) is 18.3 Å². The molecule has 1 atom stereocenters. The van der Waals surface area contributed by atoms with Crippen molar-refractivity contribution in [2.45, 2.75) is 13.2 Å². The summed E-state index contributed by atoms with van der Waals surface area (Å²) >= 11 is 6.57. The molecule has 176 valence electrons. The number of hydrogen-bond acceptors (Lipinski definition) is 6. The van der Waals surface area contributed by atoms with Crippen molar-refractivity contribution in [2.24, 2.45) is 0 Å². The molecule has 0 spiro atoms. The Bertz CT molecular complexity index is 1270. The van der Waals surface area contributed by atoms with E-state index in [2.05, 4.69) is 4.90 Å². The van der Waals surface area contributed by atoms with Gasteiger partial charge < -0.3 is 18.8 Å². The lowest BCUT2D eigenvalue weighted by atomic mass is 10.0. The van der Waals surface area contributed by atoms with Crippen LogP contribution in [0.5, 0.6) is 11.5 Å². The first-order valence-electron chi connectivity index (χ1n) is 11.3. The first kappa shape index (κ1) is 22.7. The van der Waals surface area contributed by atoms with Crippen molar-refractivity contribution in [1.82, 2.24) is 9.47 Å². The number of nitrogens with zero attached hydrogens (tertiary/aromatic N) is 2. The first-order valence-corrected chi connectivity index (χ1v) is 11.6. The highest BCUT2D eigenvalue weighted by Gasteiger charge is 2.29. The molecule has 2 aliphatic heterocycles. The van der Waals surface area contributed by atoms with E-state index in [4.69, 9.17) is 25.8 Å². The molecule has 5 rings (SSSR count). The highest BCUT2D eigenvalue weighted by molar-refractivity contribution is 6.32. The third-order valence-electron chi connectivity index (χ3n) is 6.11. The fourth-order valence-corrected chi connectivity index (χ4v) is 4.52. The molecular weight excluding hydrogens is 456 g/mol.